The number of hydrogen-bond acceptors (Lipinski definition) is 5. The van der Waals surface area contributed by atoms with E-state index in [9.17, 15) is 9.59 Å². The van der Waals surface area contributed by atoms with Crippen LogP contribution in [0.5, 0.6) is 5.75 Å². The average Bonchev–Trinajstić information content (AvgIpc) is 2.60. The SMILES string of the molecule is CC(C)(C)OC(=O)N1CCC(NC(=O)COc2ccc(CC#N)cc2)CC1. The molecule has 146 valence electrons. The van der Waals surface area contributed by atoms with E-state index in [-0.39, 0.29) is 24.6 Å². The van der Waals surface area contributed by atoms with Crippen LogP contribution in [0.2, 0.25) is 0 Å². The van der Waals surface area contributed by atoms with Gasteiger partial charge >= 0.3 is 6.09 Å². The lowest BCUT2D eigenvalue weighted by atomic mass is 10.1. The maximum Gasteiger partial charge on any atom is 0.410 e. The topological polar surface area (TPSA) is 91.7 Å². The second-order valence-corrected chi connectivity index (χ2v) is 7.58. The summed E-state index contributed by atoms with van der Waals surface area (Å²) in [6.45, 7) is 6.57. The van der Waals surface area contributed by atoms with Gasteiger partial charge in [-0.1, -0.05) is 12.1 Å². The highest BCUT2D eigenvalue weighted by atomic mass is 16.6. The van der Waals surface area contributed by atoms with Gasteiger partial charge in [-0.2, -0.15) is 5.26 Å². The summed E-state index contributed by atoms with van der Waals surface area (Å²) in [7, 11) is 0. The molecule has 0 saturated carbocycles. The summed E-state index contributed by atoms with van der Waals surface area (Å²) in [5, 5.41) is 11.6. The van der Waals surface area contributed by atoms with Crippen molar-refractivity contribution in [2.75, 3.05) is 19.7 Å². The van der Waals surface area contributed by atoms with Crippen LogP contribution in [-0.4, -0.2) is 48.2 Å². The number of ether oxygens (including phenoxy) is 2. The second-order valence-electron chi connectivity index (χ2n) is 7.58. The molecule has 0 aliphatic carbocycles. The zero-order valence-corrected chi connectivity index (χ0v) is 16.2. The van der Waals surface area contributed by atoms with E-state index < -0.39 is 5.60 Å². The molecule has 2 rings (SSSR count). The van der Waals surface area contributed by atoms with Crippen LogP contribution in [0.4, 0.5) is 4.79 Å². The highest BCUT2D eigenvalue weighted by Crippen LogP contribution is 2.16. The van der Waals surface area contributed by atoms with E-state index in [0.717, 1.165) is 5.56 Å². The monoisotopic (exact) mass is 373 g/mol. The molecule has 7 nitrogen and oxygen atoms in total. The molecule has 27 heavy (non-hydrogen) atoms. The number of benzene rings is 1. The van der Waals surface area contributed by atoms with Gasteiger partial charge in [0.1, 0.15) is 11.4 Å². The summed E-state index contributed by atoms with van der Waals surface area (Å²) in [6.07, 6.45) is 1.42. The molecule has 0 aromatic heterocycles. The summed E-state index contributed by atoms with van der Waals surface area (Å²) in [5.41, 5.74) is 0.401. The first-order valence-electron chi connectivity index (χ1n) is 9.13. The Morgan fingerprint density at radius 1 is 1.22 bits per heavy atom. The lowest BCUT2D eigenvalue weighted by Crippen LogP contribution is -2.48. The third kappa shape index (κ3) is 7.18. The minimum atomic E-state index is -0.508. The predicted octanol–water partition coefficient (Wildman–Crippen LogP) is 2.65. The lowest BCUT2D eigenvalue weighted by Gasteiger charge is -2.33. The van der Waals surface area contributed by atoms with Crippen LogP contribution in [0.25, 0.3) is 0 Å². The first kappa shape index (κ1) is 20.6. The van der Waals surface area contributed by atoms with E-state index in [4.69, 9.17) is 14.7 Å². The summed E-state index contributed by atoms with van der Waals surface area (Å²) in [4.78, 5) is 25.8. The number of likely N-dealkylation sites (tertiary alicyclic amines) is 1. The Morgan fingerprint density at radius 3 is 2.41 bits per heavy atom. The normalized spacial score (nSPS) is 15.0. The van der Waals surface area contributed by atoms with Crippen molar-refractivity contribution < 1.29 is 19.1 Å². The molecule has 1 aromatic rings. The number of amides is 2. The van der Waals surface area contributed by atoms with Crippen LogP contribution in [0.15, 0.2) is 24.3 Å². The third-order valence-corrected chi connectivity index (χ3v) is 4.09. The number of rotatable bonds is 5. The number of piperidine rings is 1. The van der Waals surface area contributed by atoms with Gasteiger partial charge in [-0.05, 0) is 51.3 Å². The number of nitriles is 1. The third-order valence-electron chi connectivity index (χ3n) is 4.09. The van der Waals surface area contributed by atoms with E-state index in [2.05, 4.69) is 11.4 Å². The zero-order valence-electron chi connectivity index (χ0n) is 16.2. The number of carbonyl (C=O) groups is 2. The molecule has 0 atom stereocenters. The van der Waals surface area contributed by atoms with Crippen molar-refractivity contribution in [2.45, 2.75) is 51.7 Å². The van der Waals surface area contributed by atoms with Crippen molar-refractivity contribution in [1.29, 1.82) is 5.26 Å². The molecule has 1 aliphatic heterocycles. The molecule has 1 aromatic carbocycles. The van der Waals surface area contributed by atoms with Crippen LogP contribution in [0.1, 0.15) is 39.2 Å². The standard InChI is InChI=1S/C20H27N3O4/c1-20(2,3)27-19(25)23-12-9-16(10-13-23)22-18(24)14-26-17-6-4-15(5-7-17)8-11-21/h4-7,16H,8-10,12-14H2,1-3H3,(H,22,24). The summed E-state index contributed by atoms with van der Waals surface area (Å²) in [5.74, 6) is 0.401. The number of nitrogens with one attached hydrogen (secondary N) is 1. The Balaban J connectivity index is 1.70. The highest BCUT2D eigenvalue weighted by molar-refractivity contribution is 5.78. The van der Waals surface area contributed by atoms with Crippen LogP contribution in [0, 0.1) is 11.3 Å². The van der Waals surface area contributed by atoms with Crippen LogP contribution >= 0.6 is 0 Å². The Hall–Kier alpha value is -2.75. The Kier molecular flexibility index (Phi) is 7.05. The Labute approximate surface area is 160 Å². The van der Waals surface area contributed by atoms with Gasteiger partial charge in [0, 0.05) is 19.1 Å². The molecule has 1 saturated heterocycles. The van der Waals surface area contributed by atoms with Gasteiger partial charge in [0.2, 0.25) is 0 Å². The van der Waals surface area contributed by atoms with Gasteiger partial charge < -0.3 is 19.7 Å². The van der Waals surface area contributed by atoms with Gasteiger partial charge in [-0.15, -0.1) is 0 Å². The van der Waals surface area contributed by atoms with Crippen molar-refractivity contribution in [3.05, 3.63) is 29.8 Å². The molecule has 0 bridgehead atoms. The molecule has 7 heteroatoms. The summed E-state index contributed by atoms with van der Waals surface area (Å²) < 4.78 is 10.8. The zero-order chi connectivity index (χ0) is 19.9. The van der Waals surface area contributed by atoms with Gasteiger partial charge in [0.05, 0.1) is 12.5 Å². The molecule has 0 radical (unpaired) electrons. The first-order chi connectivity index (χ1) is 12.8. The van der Waals surface area contributed by atoms with E-state index in [0.29, 0.717) is 38.1 Å². The van der Waals surface area contributed by atoms with Crippen LogP contribution in [0.3, 0.4) is 0 Å². The van der Waals surface area contributed by atoms with Crippen molar-refractivity contribution in [1.82, 2.24) is 10.2 Å². The maximum absolute atomic E-state index is 12.1. The summed E-state index contributed by atoms with van der Waals surface area (Å²) >= 11 is 0. The molecular weight excluding hydrogens is 346 g/mol. The smallest absolute Gasteiger partial charge is 0.410 e. The molecule has 1 fully saturated rings. The molecule has 0 spiro atoms. The largest absolute Gasteiger partial charge is 0.484 e. The van der Waals surface area contributed by atoms with E-state index >= 15 is 0 Å². The van der Waals surface area contributed by atoms with Gasteiger partial charge in [-0.25, -0.2) is 4.79 Å². The quantitative estimate of drug-likeness (QED) is 0.857. The van der Waals surface area contributed by atoms with Crippen molar-refractivity contribution in [3.8, 4) is 11.8 Å². The van der Waals surface area contributed by atoms with Crippen LogP contribution in [-0.2, 0) is 16.0 Å². The molecule has 0 unspecified atom stereocenters. The lowest BCUT2D eigenvalue weighted by molar-refractivity contribution is -0.124. The maximum atomic E-state index is 12.1. The molecule has 2 amide bonds. The molecule has 1 aliphatic rings. The van der Waals surface area contributed by atoms with Crippen molar-refractivity contribution >= 4 is 12.0 Å². The minimum absolute atomic E-state index is 0.0257. The molecule has 1 heterocycles. The molecular formula is C20H27N3O4. The van der Waals surface area contributed by atoms with Crippen molar-refractivity contribution in [2.24, 2.45) is 0 Å². The van der Waals surface area contributed by atoms with Gasteiger partial charge in [0.15, 0.2) is 6.61 Å². The molecule has 1 N–H and O–H groups in total. The highest BCUT2D eigenvalue weighted by Gasteiger charge is 2.27. The van der Waals surface area contributed by atoms with Crippen LogP contribution < -0.4 is 10.1 Å². The minimum Gasteiger partial charge on any atom is -0.484 e. The second kappa shape index (κ2) is 9.26. The van der Waals surface area contributed by atoms with E-state index in [1.54, 1.807) is 17.0 Å². The summed E-state index contributed by atoms with van der Waals surface area (Å²) in [6, 6.07) is 9.22. The van der Waals surface area contributed by atoms with Gasteiger partial charge in [0.25, 0.3) is 5.91 Å². The number of hydrogen-bond donors (Lipinski definition) is 1. The fraction of sp³-hybridized carbons (Fsp3) is 0.550. The Morgan fingerprint density at radius 2 is 1.85 bits per heavy atom. The van der Waals surface area contributed by atoms with Gasteiger partial charge in [-0.3, -0.25) is 4.79 Å². The van der Waals surface area contributed by atoms with Crippen molar-refractivity contribution in [3.63, 3.8) is 0 Å². The number of nitrogens with zero attached hydrogens (tertiary/aromatic N) is 2. The van der Waals surface area contributed by atoms with E-state index in [1.165, 1.54) is 0 Å². The average molecular weight is 373 g/mol. The predicted molar refractivity (Wildman–Crippen MR) is 100 cm³/mol. The number of carbonyl (C=O) groups excluding carboxylic acids is 2. The fourth-order valence-electron chi connectivity index (χ4n) is 2.75. The first-order valence-corrected chi connectivity index (χ1v) is 9.13. The Bertz CT molecular complexity index is 681. The van der Waals surface area contributed by atoms with E-state index in [1.807, 2.05) is 32.9 Å². The fourth-order valence-corrected chi connectivity index (χ4v) is 2.75.